The molecule has 1 saturated heterocycles. The van der Waals surface area contributed by atoms with Crippen LogP contribution in [0.1, 0.15) is 25.7 Å². The molecule has 0 bridgehead atoms. The summed E-state index contributed by atoms with van der Waals surface area (Å²) in [7, 11) is 0. The monoisotopic (exact) mass is 172 g/mol. The highest BCUT2D eigenvalue weighted by Gasteiger charge is 2.19. The van der Waals surface area contributed by atoms with Gasteiger partial charge in [0.15, 0.2) is 0 Å². The van der Waals surface area contributed by atoms with Gasteiger partial charge < -0.3 is 10.8 Å². The zero-order valence-electron chi connectivity index (χ0n) is 7.71. The molecular formula is C9H20N2O. The Hall–Kier alpha value is -0.120. The number of aliphatic hydroxyl groups excluding tert-OH is 1. The van der Waals surface area contributed by atoms with Gasteiger partial charge in [0.25, 0.3) is 0 Å². The second-order valence-electron chi connectivity index (χ2n) is 3.50. The van der Waals surface area contributed by atoms with Crippen LogP contribution in [-0.2, 0) is 0 Å². The minimum absolute atomic E-state index is 0.299. The van der Waals surface area contributed by atoms with Gasteiger partial charge in [-0.25, -0.2) is 0 Å². The molecule has 1 heterocycles. The zero-order chi connectivity index (χ0) is 8.81. The second-order valence-corrected chi connectivity index (χ2v) is 3.50. The van der Waals surface area contributed by atoms with E-state index in [9.17, 15) is 0 Å². The first-order valence-corrected chi connectivity index (χ1v) is 4.93. The highest BCUT2D eigenvalue weighted by atomic mass is 16.3. The number of nitrogens with two attached hydrogens (primary N) is 1. The minimum atomic E-state index is 0.299. The van der Waals surface area contributed by atoms with E-state index in [1.165, 1.54) is 25.8 Å². The van der Waals surface area contributed by atoms with Gasteiger partial charge >= 0.3 is 0 Å². The molecule has 0 amide bonds. The van der Waals surface area contributed by atoms with Crippen LogP contribution in [0.3, 0.4) is 0 Å². The Bertz CT molecular complexity index is 119. The molecule has 1 atom stereocenters. The number of hydrogen-bond acceptors (Lipinski definition) is 3. The van der Waals surface area contributed by atoms with Gasteiger partial charge in [0.05, 0.1) is 0 Å². The third-order valence-electron chi connectivity index (χ3n) is 2.62. The summed E-state index contributed by atoms with van der Waals surface area (Å²) in [5.74, 6) is 0. The average molecular weight is 172 g/mol. The zero-order valence-corrected chi connectivity index (χ0v) is 7.71. The molecule has 0 spiro atoms. The molecule has 0 aromatic heterocycles. The van der Waals surface area contributed by atoms with E-state index in [4.69, 9.17) is 10.8 Å². The van der Waals surface area contributed by atoms with Crippen molar-refractivity contribution in [1.82, 2.24) is 4.90 Å². The molecule has 0 unspecified atom stereocenters. The number of aliphatic hydroxyl groups is 1. The summed E-state index contributed by atoms with van der Waals surface area (Å²) in [6.07, 6.45) is 4.73. The maximum Gasteiger partial charge on any atom is 0.0443 e. The van der Waals surface area contributed by atoms with Crippen LogP contribution >= 0.6 is 0 Å². The maximum absolute atomic E-state index is 8.70. The predicted octanol–water partition coefficient (Wildman–Crippen LogP) is 0.182. The lowest BCUT2D eigenvalue weighted by Gasteiger charge is -2.34. The smallest absolute Gasteiger partial charge is 0.0443 e. The van der Waals surface area contributed by atoms with Crippen molar-refractivity contribution in [2.45, 2.75) is 31.7 Å². The molecule has 0 saturated carbocycles. The Kier molecular flexibility index (Phi) is 4.58. The van der Waals surface area contributed by atoms with Crippen molar-refractivity contribution in [2.75, 3.05) is 26.2 Å². The predicted molar refractivity (Wildman–Crippen MR) is 50.0 cm³/mol. The number of nitrogens with zero attached hydrogens (tertiary/aromatic N) is 1. The largest absolute Gasteiger partial charge is 0.396 e. The number of rotatable bonds is 4. The molecule has 0 aliphatic carbocycles. The third-order valence-corrected chi connectivity index (χ3v) is 2.62. The molecule has 3 heteroatoms. The summed E-state index contributed by atoms with van der Waals surface area (Å²) in [6, 6.07) is 0.574. The molecule has 12 heavy (non-hydrogen) atoms. The van der Waals surface area contributed by atoms with Crippen LogP contribution in [0.5, 0.6) is 0 Å². The Labute approximate surface area is 74.5 Å². The van der Waals surface area contributed by atoms with Gasteiger partial charge in [-0.1, -0.05) is 6.42 Å². The third kappa shape index (κ3) is 2.73. The summed E-state index contributed by atoms with van der Waals surface area (Å²) >= 11 is 0. The fourth-order valence-corrected chi connectivity index (χ4v) is 1.90. The maximum atomic E-state index is 8.70. The Morgan fingerprint density at radius 3 is 2.92 bits per heavy atom. The van der Waals surface area contributed by atoms with Crippen LogP contribution in [0.4, 0.5) is 0 Å². The van der Waals surface area contributed by atoms with Crippen molar-refractivity contribution in [1.29, 1.82) is 0 Å². The van der Waals surface area contributed by atoms with E-state index in [-0.39, 0.29) is 0 Å². The molecule has 0 aromatic rings. The molecule has 1 fully saturated rings. The van der Waals surface area contributed by atoms with Gasteiger partial charge in [0.1, 0.15) is 0 Å². The second kappa shape index (κ2) is 5.51. The van der Waals surface area contributed by atoms with Crippen molar-refractivity contribution in [3.8, 4) is 0 Å². The van der Waals surface area contributed by atoms with E-state index in [2.05, 4.69) is 4.90 Å². The van der Waals surface area contributed by atoms with Crippen molar-refractivity contribution in [3.63, 3.8) is 0 Å². The molecular weight excluding hydrogens is 152 g/mol. The molecule has 1 aliphatic rings. The molecule has 3 nitrogen and oxygen atoms in total. The van der Waals surface area contributed by atoms with Crippen molar-refractivity contribution >= 4 is 0 Å². The molecule has 3 N–H and O–H groups in total. The average Bonchev–Trinajstić information content (AvgIpc) is 2.15. The van der Waals surface area contributed by atoms with Crippen LogP contribution in [-0.4, -0.2) is 42.3 Å². The summed E-state index contributed by atoms with van der Waals surface area (Å²) in [6.45, 7) is 3.25. The first kappa shape index (κ1) is 9.96. The fourth-order valence-electron chi connectivity index (χ4n) is 1.90. The van der Waals surface area contributed by atoms with Crippen molar-refractivity contribution < 1.29 is 5.11 Å². The summed E-state index contributed by atoms with van der Waals surface area (Å²) < 4.78 is 0. The van der Waals surface area contributed by atoms with Crippen LogP contribution in [0.25, 0.3) is 0 Å². The number of piperidine rings is 1. The fraction of sp³-hybridized carbons (Fsp3) is 1.00. The lowest BCUT2D eigenvalue weighted by atomic mass is 10.0. The quantitative estimate of drug-likeness (QED) is 0.636. The lowest BCUT2D eigenvalue weighted by molar-refractivity contribution is 0.139. The topological polar surface area (TPSA) is 49.5 Å². The van der Waals surface area contributed by atoms with Crippen LogP contribution in [0.2, 0.25) is 0 Å². The van der Waals surface area contributed by atoms with Gasteiger partial charge in [-0.05, 0) is 25.8 Å². The normalized spacial score (nSPS) is 26.0. The summed E-state index contributed by atoms with van der Waals surface area (Å²) in [5, 5.41) is 8.70. The van der Waals surface area contributed by atoms with E-state index < -0.39 is 0 Å². The van der Waals surface area contributed by atoms with Gasteiger partial charge in [-0.15, -0.1) is 0 Å². The molecule has 72 valence electrons. The first-order chi connectivity index (χ1) is 5.88. The van der Waals surface area contributed by atoms with E-state index in [0.717, 1.165) is 19.5 Å². The van der Waals surface area contributed by atoms with E-state index in [0.29, 0.717) is 12.6 Å². The summed E-state index contributed by atoms with van der Waals surface area (Å²) in [5.41, 5.74) is 5.66. The highest BCUT2D eigenvalue weighted by Crippen LogP contribution is 2.15. The number of hydrogen-bond donors (Lipinski definition) is 2. The number of likely N-dealkylation sites (tertiary alicyclic amines) is 1. The van der Waals surface area contributed by atoms with E-state index in [1.807, 2.05) is 0 Å². The van der Waals surface area contributed by atoms with Gasteiger partial charge in [-0.3, -0.25) is 4.90 Å². The molecule has 0 aromatic carbocycles. The van der Waals surface area contributed by atoms with E-state index in [1.54, 1.807) is 0 Å². The van der Waals surface area contributed by atoms with Crippen molar-refractivity contribution in [3.05, 3.63) is 0 Å². The Morgan fingerprint density at radius 2 is 2.25 bits per heavy atom. The Morgan fingerprint density at radius 1 is 1.42 bits per heavy atom. The highest BCUT2D eigenvalue weighted by molar-refractivity contribution is 4.77. The van der Waals surface area contributed by atoms with Crippen LogP contribution in [0, 0.1) is 0 Å². The Balaban J connectivity index is 2.26. The minimum Gasteiger partial charge on any atom is -0.396 e. The SMILES string of the molecule is NC[C@H]1CCCCN1CCCO. The van der Waals surface area contributed by atoms with Crippen molar-refractivity contribution in [2.24, 2.45) is 5.73 Å². The van der Waals surface area contributed by atoms with Gasteiger partial charge in [0.2, 0.25) is 0 Å². The van der Waals surface area contributed by atoms with Gasteiger partial charge in [-0.2, -0.15) is 0 Å². The van der Waals surface area contributed by atoms with Crippen LogP contribution < -0.4 is 5.73 Å². The molecule has 0 radical (unpaired) electrons. The molecule has 1 rings (SSSR count). The lowest BCUT2D eigenvalue weighted by Crippen LogP contribution is -2.44. The van der Waals surface area contributed by atoms with Crippen LogP contribution in [0.15, 0.2) is 0 Å². The summed E-state index contributed by atoms with van der Waals surface area (Å²) in [4.78, 5) is 2.42. The van der Waals surface area contributed by atoms with Gasteiger partial charge in [0, 0.05) is 25.7 Å². The standard InChI is InChI=1S/C9H20N2O/c10-8-9-4-1-2-5-11(9)6-3-7-12/h9,12H,1-8,10H2/t9-/m1/s1. The molecule has 1 aliphatic heterocycles. The first-order valence-electron chi connectivity index (χ1n) is 4.93. The van der Waals surface area contributed by atoms with E-state index >= 15 is 0 Å².